The summed E-state index contributed by atoms with van der Waals surface area (Å²) in [4.78, 5) is 11.4. The number of halogens is 1. The lowest BCUT2D eigenvalue weighted by molar-refractivity contribution is -0.121. The van der Waals surface area contributed by atoms with Gasteiger partial charge in [0, 0.05) is 6.42 Å². The van der Waals surface area contributed by atoms with Crippen molar-refractivity contribution in [2.75, 3.05) is 6.61 Å². The normalized spacial score (nSPS) is 12.0. The predicted molar refractivity (Wildman–Crippen MR) is 97.6 cm³/mol. The Morgan fingerprint density at radius 1 is 0.818 bits per heavy atom. The number of hydrogen-bond donors (Lipinski definition) is 2. The van der Waals surface area contributed by atoms with Crippen molar-refractivity contribution in [1.29, 1.82) is 0 Å². The fraction of sp³-hybridized carbons (Fsp3) is 0.944. The van der Waals surface area contributed by atoms with E-state index >= 15 is 0 Å². The lowest BCUT2D eigenvalue weighted by Gasteiger charge is -2.06. The highest BCUT2D eigenvalue weighted by molar-refractivity contribution is 5.85. The fourth-order valence-corrected chi connectivity index (χ4v) is 2.60. The molecule has 0 aromatic heterocycles. The van der Waals surface area contributed by atoms with Gasteiger partial charge in [-0.05, 0) is 6.42 Å². The summed E-state index contributed by atoms with van der Waals surface area (Å²) < 4.78 is 0. The third-order valence-corrected chi connectivity index (χ3v) is 4.14. The monoisotopic (exact) mass is 335 g/mol. The zero-order valence-electron chi connectivity index (χ0n) is 14.5. The van der Waals surface area contributed by atoms with Gasteiger partial charge < -0.3 is 10.8 Å². The van der Waals surface area contributed by atoms with E-state index in [9.17, 15) is 4.79 Å². The molecule has 0 aliphatic carbocycles. The number of aliphatic hydroxyl groups is 1. The quantitative estimate of drug-likeness (QED) is 0.399. The smallest absolute Gasteiger partial charge is 0.151 e. The molecule has 134 valence electrons. The Balaban J connectivity index is 0. The van der Waals surface area contributed by atoms with E-state index in [4.69, 9.17) is 10.8 Å². The van der Waals surface area contributed by atoms with Gasteiger partial charge in [-0.2, -0.15) is 0 Å². The molecule has 3 N–H and O–H groups in total. The molecule has 0 radical (unpaired) electrons. The molecule has 0 aromatic carbocycles. The van der Waals surface area contributed by atoms with Crippen LogP contribution in [0.4, 0.5) is 0 Å². The van der Waals surface area contributed by atoms with Gasteiger partial charge in [-0.1, -0.05) is 84.0 Å². The molecule has 0 aliphatic heterocycles. The summed E-state index contributed by atoms with van der Waals surface area (Å²) in [6.07, 6.45) is 17.5. The second kappa shape index (κ2) is 18.9. The molecule has 4 heteroatoms. The zero-order chi connectivity index (χ0) is 15.8. The SMILES string of the molecule is CCCCCCCCCCCCCCCC(=O)[C@H](N)CO.Cl. The van der Waals surface area contributed by atoms with Crippen LogP contribution in [0.3, 0.4) is 0 Å². The minimum Gasteiger partial charge on any atom is -0.394 e. The summed E-state index contributed by atoms with van der Waals surface area (Å²) >= 11 is 0. The third kappa shape index (κ3) is 16.3. The molecule has 0 amide bonds. The van der Waals surface area contributed by atoms with Crippen molar-refractivity contribution in [3.63, 3.8) is 0 Å². The number of aliphatic hydroxyl groups excluding tert-OH is 1. The molecule has 0 saturated carbocycles. The molecule has 0 unspecified atom stereocenters. The van der Waals surface area contributed by atoms with Gasteiger partial charge in [-0.15, -0.1) is 12.4 Å². The van der Waals surface area contributed by atoms with Gasteiger partial charge in [-0.3, -0.25) is 4.79 Å². The molecule has 0 spiro atoms. The lowest BCUT2D eigenvalue weighted by Crippen LogP contribution is -2.33. The minimum atomic E-state index is -0.665. The Bertz CT molecular complexity index is 237. The maximum absolute atomic E-state index is 11.4. The van der Waals surface area contributed by atoms with Crippen molar-refractivity contribution in [2.24, 2.45) is 5.73 Å². The van der Waals surface area contributed by atoms with Gasteiger partial charge >= 0.3 is 0 Å². The number of carbonyl (C=O) groups excluding carboxylic acids is 1. The van der Waals surface area contributed by atoms with E-state index in [0.717, 1.165) is 12.8 Å². The van der Waals surface area contributed by atoms with Gasteiger partial charge in [0.25, 0.3) is 0 Å². The van der Waals surface area contributed by atoms with Crippen molar-refractivity contribution < 1.29 is 9.90 Å². The minimum absolute atomic E-state index is 0. The van der Waals surface area contributed by atoms with E-state index < -0.39 is 6.04 Å². The second-order valence-electron chi connectivity index (χ2n) is 6.25. The molecule has 22 heavy (non-hydrogen) atoms. The standard InChI is InChI=1S/C18H37NO2.ClH/c1-2-3-4-5-6-7-8-9-10-11-12-13-14-15-18(21)17(19)16-20;/h17,20H,2-16,19H2,1H3;1H/t17-;/m1./s1. The fourth-order valence-electron chi connectivity index (χ4n) is 2.60. The van der Waals surface area contributed by atoms with Crippen molar-refractivity contribution >= 4 is 18.2 Å². The summed E-state index contributed by atoms with van der Waals surface area (Å²) in [6, 6.07) is -0.665. The molecule has 0 aromatic rings. The van der Waals surface area contributed by atoms with Crippen molar-refractivity contribution in [3.8, 4) is 0 Å². The topological polar surface area (TPSA) is 63.3 Å². The Labute approximate surface area is 143 Å². The molecule has 0 fully saturated rings. The van der Waals surface area contributed by atoms with E-state index in [2.05, 4.69) is 6.92 Å². The van der Waals surface area contributed by atoms with Crippen LogP contribution in [0.2, 0.25) is 0 Å². The average molecular weight is 336 g/mol. The van der Waals surface area contributed by atoms with Crippen LogP contribution >= 0.6 is 12.4 Å². The maximum Gasteiger partial charge on any atom is 0.151 e. The average Bonchev–Trinajstić information content (AvgIpc) is 2.50. The van der Waals surface area contributed by atoms with Gasteiger partial charge in [0.1, 0.15) is 0 Å². The first-order valence-corrected chi connectivity index (χ1v) is 9.11. The van der Waals surface area contributed by atoms with Crippen LogP contribution in [-0.4, -0.2) is 23.5 Å². The molecule has 3 nitrogen and oxygen atoms in total. The van der Waals surface area contributed by atoms with Crippen molar-refractivity contribution in [1.82, 2.24) is 0 Å². The number of ketones is 1. The first-order chi connectivity index (χ1) is 10.2. The van der Waals surface area contributed by atoms with Gasteiger partial charge in [0.05, 0.1) is 12.6 Å². The first kappa shape index (κ1) is 24.1. The number of hydrogen-bond acceptors (Lipinski definition) is 3. The van der Waals surface area contributed by atoms with Crippen LogP contribution in [0.1, 0.15) is 96.8 Å². The predicted octanol–water partition coefficient (Wildman–Crippen LogP) is 4.78. The van der Waals surface area contributed by atoms with Gasteiger partial charge in [0.2, 0.25) is 0 Å². The summed E-state index contributed by atoms with van der Waals surface area (Å²) in [6.45, 7) is 2.04. The highest BCUT2D eigenvalue weighted by Crippen LogP contribution is 2.13. The van der Waals surface area contributed by atoms with Crippen LogP contribution in [0, 0.1) is 0 Å². The molecular weight excluding hydrogens is 298 g/mol. The number of rotatable bonds is 16. The molecule has 0 aliphatic rings. The maximum atomic E-state index is 11.4. The number of carbonyl (C=O) groups is 1. The lowest BCUT2D eigenvalue weighted by atomic mass is 10.0. The summed E-state index contributed by atoms with van der Waals surface area (Å²) in [5.41, 5.74) is 5.46. The largest absolute Gasteiger partial charge is 0.394 e. The Kier molecular flexibility index (Phi) is 20.8. The first-order valence-electron chi connectivity index (χ1n) is 9.11. The molecule has 0 bridgehead atoms. The van der Waals surface area contributed by atoms with Crippen molar-refractivity contribution in [3.05, 3.63) is 0 Å². The second-order valence-corrected chi connectivity index (χ2v) is 6.25. The summed E-state index contributed by atoms with van der Waals surface area (Å²) in [5.74, 6) is 0.000531. The number of nitrogens with two attached hydrogens (primary N) is 1. The molecule has 0 rings (SSSR count). The summed E-state index contributed by atoms with van der Waals surface area (Å²) in [5, 5.41) is 8.76. The number of unbranched alkanes of at least 4 members (excludes halogenated alkanes) is 12. The number of Topliss-reactive ketones (excluding diaryl/α,β-unsaturated/α-hetero) is 1. The van der Waals surface area contributed by atoms with E-state index in [1.54, 1.807) is 0 Å². The van der Waals surface area contributed by atoms with Crippen LogP contribution in [0.15, 0.2) is 0 Å². The van der Waals surface area contributed by atoms with E-state index in [-0.39, 0.29) is 24.8 Å². The third-order valence-electron chi connectivity index (χ3n) is 4.14. The summed E-state index contributed by atoms with van der Waals surface area (Å²) in [7, 11) is 0. The van der Waals surface area contributed by atoms with Crippen molar-refractivity contribution in [2.45, 2.75) is 103 Å². The molecule has 0 saturated heterocycles. The van der Waals surface area contributed by atoms with E-state index in [1.807, 2.05) is 0 Å². The van der Waals surface area contributed by atoms with E-state index in [1.165, 1.54) is 70.6 Å². The van der Waals surface area contributed by atoms with Crippen LogP contribution in [0.5, 0.6) is 0 Å². The molecule has 0 heterocycles. The Hall–Kier alpha value is -0.120. The Morgan fingerprint density at radius 2 is 1.18 bits per heavy atom. The van der Waals surface area contributed by atoms with Crippen LogP contribution in [-0.2, 0) is 4.79 Å². The highest BCUT2D eigenvalue weighted by atomic mass is 35.5. The van der Waals surface area contributed by atoms with Gasteiger partial charge in [-0.25, -0.2) is 0 Å². The van der Waals surface area contributed by atoms with Crippen LogP contribution < -0.4 is 5.73 Å². The molecule has 1 atom stereocenters. The van der Waals surface area contributed by atoms with Crippen LogP contribution in [0.25, 0.3) is 0 Å². The Morgan fingerprint density at radius 3 is 1.55 bits per heavy atom. The highest BCUT2D eigenvalue weighted by Gasteiger charge is 2.10. The van der Waals surface area contributed by atoms with Gasteiger partial charge in [0.15, 0.2) is 5.78 Å². The molecular formula is C18H38ClNO2. The zero-order valence-corrected chi connectivity index (χ0v) is 15.3. The van der Waals surface area contributed by atoms with E-state index in [0.29, 0.717) is 6.42 Å².